The van der Waals surface area contributed by atoms with Crippen molar-refractivity contribution in [3.05, 3.63) is 24.0 Å². The zero-order chi connectivity index (χ0) is 13.1. The first-order chi connectivity index (χ1) is 7.88. The maximum Gasteiger partial charge on any atom is 0.488 e. The first kappa shape index (κ1) is 14.1. The summed E-state index contributed by atoms with van der Waals surface area (Å²) in [6.45, 7) is 1.96. The van der Waals surface area contributed by atoms with Crippen LogP contribution in [0.2, 0.25) is 0 Å². The van der Waals surface area contributed by atoms with Gasteiger partial charge < -0.3 is 10.0 Å². The van der Waals surface area contributed by atoms with Crippen molar-refractivity contribution in [3.8, 4) is 0 Å². The molecular weight excluding hydrogens is 248 g/mol. The lowest BCUT2D eigenvalue weighted by molar-refractivity contribution is 0.425. The van der Waals surface area contributed by atoms with E-state index in [1.54, 1.807) is 6.92 Å². The van der Waals surface area contributed by atoms with Gasteiger partial charge in [-0.15, -0.1) is 0 Å². The molecule has 1 aromatic rings. The van der Waals surface area contributed by atoms with E-state index in [1.807, 2.05) is 0 Å². The fourth-order valence-electron chi connectivity index (χ4n) is 1.20. The van der Waals surface area contributed by atoms with Gasteiger partial charge in [0.2, 0.25) is 10.0 Å². The quantitative estimate of drug-likeness (QED) is 0.605. The molecule has 0 radical (unpaired) electrons. The van der Waals surface area contributed by atoms with Crippen molar-refractivity contribution in [2.75, 3.05) is 6.54 Å². The summed E-state index contributed by atoms with van der Waals surface area (Å²) < 4.78 is 38.9. The van der Waals surface area contributed by atoms with Gasteiger partial charge in [0.25, 0.3) is 0 Å². The minimum atomic E-state index is -3.96. The molecule has 0 aliphatic rings. The molecule has 3 N–H and O–H groups in total. The zero-order valence-electron chi connectivity index (χ0n) is 9.22. The number of sulfonamides is 1. The highest BCUT2D eigenvalue weighted by atomic mass is 32.2. The van der Waals surface area contributed by atoms with Gasteiger partial charge >= 0.3 is 7.12 Å². The molecule has 1 aromatic carbocycles. The molecule has 0 aliphatic heterocycles. The summed E-state index contributed by atoms with van der Waals surface area (Å²) in [5, 5.41) is 17.8. The van der Waals surface area contributed by atoms with Gasteiger partial charge in [-0.05, 0) is 24.0 Å². The fourth-order valence-corrected chi connectivity index (χ4v) is 2.45. The predicted molar refractivity (Wildman–Crippen MR) is 61.7 cm³/mol. The second-order valence-corrected chi connectivity index (χ2v) is 5.20. The normalized spacial score (nSPS) is 11.5. The van der Waals surface area contributed by atoms with Gasteiger partial charge in [0.15, 0.2) is 0 Å². The SMILES string of the molecule is CCCNS(=O)(=O)c1cc(B(O)O)ccc1F. The van der Waals surface area contributed by atoms with E-state index in [0.717, 1.165) is 18.2 Å². The molecule has 5 nitrogen and oxygen atoms in total. The smallest absolute Gasteiger partial charge is 0.423 e. The molecular formula is C9H13BFNO4S. The second kappa shape index (κ2) is 5.59. The Morgan fingerprint density at radius 3 is 2.59 bits per heavy atom. The molecule has 0 saturated carbocycles. The molecule has 0 bridgehead atoms. The first-order valence-corrected chi connectivity index (χ1v) is 6.52. The molecule has 0 fully saturated rings. The lowest BCUT2D eigenvalue weighted by Gasteiger charge is -2.08. The van der Waals surface area contributed by atoms with Crippen molar-refractivity contribution < 1.29 is 22.9 Å². The fraction of sp³-hybridized carbons (Fsp3) is 0.333. The van der Waals surface area contributed by atoms with Crippen molar-refractivity contribution in [1.82, 2.24) is 4.72 Å². The van der Waals surface area contributed by atoms with Crippen LogP contribution in [0.1, 0.15) is 13.3 Å². The maximum atomic E-state index is 13.4. The molecule has 0 heterocycles. The third-order valence-electron chi connectivity index (χ3n) is 2.09. The highest BCUT2D eigenvalue weighted by Crippen LogP contribution is 2.12. The lowest BCUT2D eigenvalue weighted by Crippen LogP contribution is -2.32. The Bertz CT molecular complexity index is 492. The topological polar surface area (TPSA) is 86.6 Å². The third-order valence-corrected chi connectivity index (χ3v) is 3.56. The summed E-state index contributed by atoms with van der Waals surface area (Å²) in [6, 6.07) is 2.89. The largest absolute Gasteiger partial charge is 0.488 e. The number of halogens is 1. The van der Waals surface area contributed by atoms with Crippen LogP contribution in [-0.4, -0.2) is 32.1 Å². The van der Waals surface area contributed by atoms with Gasteiger partial charge in [-0.1, -0.05) is 13.0 Å². The zero-order valence-corrected chi connectivity index (χ0v) is 10.0. The molecule has 0 aliphatic carbocycles. The van der Waals surface area contributed by atoms with Crippen molar-refractivity contribution >= 4 is 22.6 Å². The number of hydrogen-bond donors (Lipinski definition) is 3. The second-order valence-electron chi connectivity index (χ2n) is 3.46. The van der Waals surface area contributed by atoms with Crippen LogP contribution in [0.25, 0.3) is 0 Å². The van der Waals surface area contributed by atoms with Crippen molar-refractivity contribution in [2.45, 2.75) is 18.2 Å². The van der Waals surface area contributed by atoms with Gasteiger partial charge in [0, 0.05) is 6.54 Å². The van der Waals surface area contributed by atoms with Crippen LogP contribution in [0.15, 0.2) is 23.1 Å². The minimum Gasteiger partial charge on any atom is -0.423 e. The number of nitrogens with one attached hydrogen (secondary N) is 1. The van der Waals surface area contributed by atoms with E-state index in [0.29, 0.717) is 6.42 Å². The number of rotatable bonds is 5. The molecule has 8 heteroatoms. The first-order valence-electron chi connectivity index (χ1n) is 5.03. The van der Waals surface area contributed by atoms with E-state index < -0.39 is 27.9 Å². The van der Waals surface area contributed by atoms with Crippen LogP contribution in [0.4, 0.5) is 4.39 Å². The average Bonchev–Trinajstić information content (AvgIpc) is 2.26. The van der Waals surface area contributed by atoms with Gasteiger partial charge in [0.1, 0.15) is 10.7 Å². The molecule has 0 atom stereocenters. The van der Waals surface area contributed by atoms with E-state index in [9.17, 15) is 12.8 Å². The van der Waals surface area contributed by atoms with Crippen LogP contribution < -0.4 is 10.2 Å². The van der Waals surface area contributed by atoms with Crippen molar-refractivity contribution in [3.63, 3.8) is 0 Å². The minimum absolute atomic E-state index is 0.0803. The summed E-state index contributed by atoms with van der Waals surface area (Å²) >= 11 is 0. The lowest BCUT2D eigenvalue weighted by atomic mass is 9.80. The Hall–Kier alpha value is -0.955. The van der Waals surface area contributed by atoms with E-state index >= 15 is 0 Å². The standard InChI is InChI=1S/C9H13BFNO4S/c1-2-5-12-17(15,16)9-6-7(10(13)14)3-4-8(9)11/h3-4,6,12-14H,2,5H2,1H3. The summed E-state index contributed by atoms with van der Waals surface area (Å²) in [5.41, 5.74) is -0.0803. The van der Waals surface area contributed by atoms with Crippen LogP contribution in [0.3, 0.4) is 0 Å². The number of hydrogen-bond acceptors (Lipinski definition) is 4. The molecule has 0 saturated heterocycles. The third kappa shape index (κ3) is 3.50. The van der Waals surface area contributed by atoms with Crippen molar-refractivity contribution in [2.24, 2.45) is 0 Å². The van der Waals surface area contributed by atoms with E-state index in [2.05, 4.69) is 4.72 Å². The summed E-state index contributed by atoms with van der Waals surface area (Å²) in [5.74, 6) is -0.932. The molecule has 0 amide bonds. The number of benzene rings is 1. The van der Waals surface area contributed by atoms with Crippen molar-refractivity contribution in [1.29, 1.82) is 0 Å². The Balaban J connectivity index is 3.16. The summed E-state index contributed by atoms with van der Waals surface area (Å²) in [7, 11) is -5.79. The average molecular weight is 261 g/mol. The van der Waals surface area contributed by atoms with Gasteiger partial charge in [-0.3, -0.25) is 0 Å². The Kier molecular flexibility index (Phi) is 4.64. The molecule has 0 unspecified atom stereocenters. The van der Waals surface area contributed by atoms with Crippen LogP contribution in [-0.2, 0) is 10.0 Å². The molecule has 0 spiro atoms. The highest BCUT2D eigenvalue weighted by molar-refractivity contribution is 7.89. The predicted octanol–water partition coefficient (Wildman–Crippen LogP) is -0.806. The van der Waals surface area contributed by atoms with Crippen LogP contribution >= 0.6 is 0 Å². The Morgan fingerprint density at radius 1 is 1.41 bits per heavy atom. The summed E-state index contributed by atoms with van der Waals surface area (Å²) in [4.78, 5) is -0.587. The molecule has 17 heavy (non-hydrogen) atoms. The maximum absolute atomic E-state index is 13.4. The Labute approximate surface area is 99.5 Å². The van der Waals surface area contributed by atoms with Gasteiger partial charge in [-0.2, -0.15) is 0 Å². The molecule has 1 rings (SSSR count). The van der Waals surface area contributed by atoms with E-state index in [-0.39, 0.29) is 12.0 Å². The van der Waals surface area contributed by atoms with Gasteiger partial charge in [0.05, 0.1) is 0 Å². The highest BCUT2D eigenvalue weighted by Gasteiger charge is 2.21. The van der Waals surface area contributed by atoms with E-state index in [1.165, 1.54) is 0 Å². The summed E-state index contributed by atoms with van der Waals surface area (Å²) in [6.07, 6.45) is 0.573. The van der Waals surface area contributed by atoms with Gasteiger partial charge in [-0.25, -0.2) is 17.5 Å². The molecule has 0 aromatic heterocycles. The van der Waals surface area contributed by atoms with E-state index in [4.69, 9.17) is 10.0 Å². The Morgan fingerprint density at radius 2 is 2.06 bits per heavy atom. The van der Waals surface area contributed by atoms with Crippen LogP contribution in [0.5, 0.6) is 0 Å². The molecule has 94 valence electrons. The monoisotopic (exact) mass is 261 g/mol. The van der Waals surface area contributed by atoms with Crippen LogP contribution in [0, 0.1) is 5.82 Å².